The van der Waals surface area contributed by atoms with Gasteiger partial charge in [0.1, 0.15) is 9.84 Å². The van der Waals surface area contributed by atoms with Crippen LogP contribution in [0.2, 0.25) is 5.02 Å². The van der Waals surface area contributed by atoms with Crippen molar-refractivity contribution < 1.29 is 21.6 Å². The van der Waals surface area contributed by atoms with Crippen LogP contribution in [0, 0.1) is 0 Å². The Balaban J connectivity index is 1.75. The van der Waals surface area contributed by atoms with Gasteiger partial charge in [-0.1, -0.05) is 17.7 Å². The molecular formula is C16H24ClN3O5S2. The van der Waals surface area contributed by atoms with Crippen molar-refractivity contribution in [3.63, 3.8) is 0 Å². The molecule has 27 heavy (non-hydrogen) atoms. The maximum absolute atomic E-state index is 12.3. The molecule has 11 heteroatoms. The first-order valence-electron chi connectivity index (χ1n) is 8.50. The van der Waals surface area contributed by atoms with Gasteiger partial charge in [0.05, 0.1) is 10.6 Å². The van der Waals surface area contributed by atoms with Gasteiger partial charge in [0.15, 0.2) is 0 Å². The monoisotopic (exact) mass is 437 g/mol. The first kappa shape index (κ1) is 22.1. The molecule has 1 aromatic rings. The highest BCUT2D eigenvalue weighted by Gasteiger charge is 2.22. The van der Waals surface area contributed by atoms with Crippen LogP contribution in [-0.2, 0) is 24.7 Å². The smallest absolute Gasteiger partial charge is 0.240 e. The van der Waals surface area contributed by atoms with E-state index in [2.05, 4.69) is 4.72 Å². The lowest BCUT2D eigenvalue weighted by Crippen LogP contribution is -2.50. The van der Waals surface area contributed by atoms with Crippen molar-refractivity contribution in [2.75, 3.05) is 51.3 Å². The number of halogens is 1. The number of hydrogen-bond acceptors (Lipinski definition) is 6. The molecule has 1 aliphatic rings. The average Bonchev–Trinajstić information content (AvgIpc) is 2.59. The molecule has 0 aromatic heterocycles. The van der Waals surface area contributed by atoms with Crippen LogP contribution in [-0.4, -0.2) is 83.8 Å². The zero-order valence-electron chi connectivity index (χ0n) is 15.1. The van der Waals surface area contributed by atoms with Crippen molar-refractivity contribution in [2.24, 2.45) is 0 Å². The number of benzene rings is 1. The van der Waals surface area contributed by atoms with Crippen LogP contribution in [0.3, 0.4) is 0 Å². The Bertz CT molecular complexity index is 866. The number of sulfonamides is 1. The number of amides is 1. The van der Waals surface area contributed by atoms with Gasteiger partial charge in [-0.3, -0.25) is 9.69 Å². The number of carbonyl (C=O) groups excluding carboxylic acids is 1. The van der Waals surface area contributed by atoms with E-state index in [-0.39, 0.29) is 29.5 Å². The Morgan fingerprint density at radius 1 is 1.15 bits per heavy atom. The molecule has 2 rings (SSSR count). The molecule has 8 nitrogen and oxygen atoms in total. The molecular weight excluding hydrogens is 414 g/mol. The van der Waals surface area contributed by atoms with Crippen LogP contribution in [0.1, 0.15) is 6.42 Å². The molecule has 0 bridgehead atoms. The van der Waals surface area contributed by atoms with Crippen LogP contribution in [0.15, 0.2) is 29.2 Å². The van der Waals surface area contributed by atoms with Gasteiger partial charge in [0.2, 0.25) is 15.9 Å². The highest BCUT2D eigenvalue weighted by Crippen LogP contribution is 2.15. The lowest BCUT2D eigenvalue weighted by atomic mass is 10.3. The molecule has 152 valence electrons. The van der Waals surface area contributed by atoms with Crippen LogP contribution >= 0.6 is 11.6 Å². The van der Waals surface area contributed by atoms with Crippen LogP contribution in [0.5, 0.6) is 0 Å². The highest BCUT2D eigenvalue weighted by atomic mass is 35.5. The molecule has 0 radical (unpaired) electrons. The summed E-state index contributed by atoms with van der Waals surface area (Å²) in [6.45, 7) is 2.68. The minimum absolute atomic E-state index is 0.00196. The Labute approximate surface area is 165 Å². The van der Waals surface area contributed by atoms with Gasteiger partial charge in [0.25, 0.3) is 0 Å². The molecule has 0 unspecified atom stereocenters. The summed E-state index contributed by atoms with van der Waals surface area (Å²) in [5.74, 6) is -0.0294. The predicted octanol–water partition coefficient (Wildman–Crippen LogP) is 0.197. The van der Waals surface area contributed by atoms with E-state index >= 15 is 0 Å². The van der Waals surface area contributed by atoms with Crippen molar-refractivity contribution in [3.05, 3.63) is 29.3 Å². The largest absolute Gasteiger partial charge is 0.340 e. The minimum atomic E-state index is -3.71. The molecule has 1 N–H and O–H groups in total. The topological polar surface area (TPSA) is 104 Å². The summed E-state index contributed by atoms with van der Waals surface area (Å²) in [7, 11) is -6.71. The number of rotatable bonds is 8. The molecule has 1 heterocycles. The van der Waals surface area contributed by atoms with Gasteiger partial charge in [-0.15, -0.1) is 0 Å². The maximum atomic E-state index is 12.3. The molecule has 1 aromatic carbocycles. The molecule has 1 fully saturated rings. The lowest BCUT2D eigenvalue weighted by molar-refractivity contribution is -0.132. The van der Waals surface area contributed by atoms with Crippen molar-refractivity contribution in [2.45, 2.75) is 11.3 Å². The molecule has 0 spiro atoms. The third-order valence-electron chi connectivity index (χ3n) is 4.24. The Kier molecular flexibility index (Phi) is 7.64. The third-order valence-corrected chi connectivity index (χ3v) is 6.86. The van der Waals surface area contributed by atoms with E-state index in [9.17, 15) is 21.6 Å². The third kappa shape index (κ3) is 7.38. The number of sulfone groups is 1. The first-order chi connectivity index (χ1) is 12.6. The Hall–Kier alpha value is -1.20. The van der Waals surface area contributed by atoms with Crippen molar-refractivity contribution in [1.82, 2.24) is 14.5 Å². The van der Waals surface area contributed by atoms with Gasteiger partial charge < -0.3 is 4.90 Å². The summed E-state index contributed by atoms with van der Waals surface area (Å²) < 4.78 is 49.2. The molecule has 0 saturated carbocycles. The molecule has 0 aliphatic carbocycles. The summed E-state index contributed by atoms with van der Waals surface area (Å²) in [5.41, 5.74) is 0. The van der Waals surface area contributed by atoms with E-state index in [1.165, 1.54) is 18.4 Å². The molecule has 1 saturated heterocycles. The molecule has 0 atom stereocenters. The SMILES string of the molecule is CS(=O)(=O)CCN1CCN(C(=O)CCNS(=O)(=O)c2cccc(Cl)c2)CC1. The van der Waals surface area contributed by atoms with Gasteiger partial charge in [-0.05, 0) is 18.2 Å². The van der Waals surface area contributed by atoms with Crippen LogP contribution in [0.25, 0.3) is 0 Å². The first-order valence-corrected chi connectivity index (χ1v) is 12.4. The van der Waals surface area contributed by atoms with Gasteiger partial charge in [0, 0.05) is 57.0 Å². The second-order valence-corrected chi connectivity index (χ2v) is 10.9. The lowest BCUT2D eigenvalue weighted by Gasteiger charge is -2.34. The minimum Gasteiger partial charge on any atom is -0.340 e. The number of nitrogens with zero attached hydrogens (tertiary/aromatic N) is 2. The van der Waals surface area contributed by atoms with E-state index in [0.29, 0.717) is 37.7 Å². The zero-order chi connectivity index (χ0) is 20.1. The van der Waals surface area contributed by atoms with Gasteiger partial charge in [-0.25, -0.2) is 21.6 Å². The summed E-state index contributed by atoms with van der Waals surface area (Å²) in [5, 5.41) is 0.322. The van der Waals surface area contributed by atoms with Crippen molar-refractivity contribution in [1.29, 1.82) is 0 Å². The van der Waals surface area contributed by atoms with E-state index in [1.807, 2.05) is 4.90 Å². The fraction of sp³-hybridized carbons (Fsp3) is 0.562. The van der Waals surface area contributed by atoms with Crippen molar-refractivity contribution in [3.8, 4) is 0 Å². The standard InChI is InChI=1S/C16H24ClN3O5S2/c1-26(22,23)12-11-19-7-9-20(10-8-19)16(21)5-6-18-27(24,25)15-4-2-3-14(17)13-15/h2-4,13,18H,5-12H2,1H3. The number of piperazine rings is 1. The predicted molar refractivity (Wildman–Crippen MR) is 104 cm³/mol. The number of hydrogen-bond donors (Lipinski definition) is 1. The number of carbonyl (C=O) groups is 1. The quantitative estimate of drug-likeness (QED) is 0.623. The van der Waals surface area contributed by atoms with Crippen LogP contribution < -0.4 is 4.72 Å². The molecule has 1 aliphatic heterocycles. The van der Waals surface area contributed by atoms with E-state index < -0.39 is 19.9 Å². The number of nitrogens with one attached hydrogen (secondary N) is 1. The Morgan fingerprint density at radius 3 is 2.41 bits per heavy atom. The van der Waals surface area contributed by atoms with E-state index in [4.69, 9.17) is 11.6 Å². The summed E-state index contributed by atoms with van der Waals surface area (Å²) in [6.07, 6.45) is 1.26. The molecule has 1 amide bonds. The maximum Gasteiger partial charge on any atom is 0.240 e. The normalized spacial score (nSPS) is 16.4. The fourth-order valence-corrected chi connectivity index (χ4v) is 4.61. The summed E-state index contributed by atoms with van der Waals surface area (Å²) >= 11 is 5.81. The Morgan fingerprint density at radius 2 is 1.81 bits per heavy atom. The van der Waals surface area contributed by atoms with E-state index in [1.54, 1.807) is 17.0 Å². The average molecular weight is 438 g/mol. The van der Waals surface area contributed by atoms with Gasteiger partial charge >= 0.3 is 0 Å². The zero-order valence-corrected chi connectivity index (χ0v) is 17.5. The van der Waals surface area contributed by atoms with Crippen molar-refractivity contribution >= 4 is 37.4 Å². The second-order valence-electron chi connectivity index (χ2n) is 6.46. The summed E-state index contributed by atoms with van der Waals surface area (Å²) in [4.78, 5) is 16.0. The highest BCUT2D eigenvalue weighted by molar-refractivity contribution is 7.90. The van der Waals surface area contributed by atoms with Crippen LogP contribution in [0.4, 0.5) is 0 Å². The summed E-state index contributed by atoms with van der Waals surface area (Å²) in [6, 6.07) is 5.91. The van der Waals surface area contributed by atoms with Gasteiger partial charge in [-0.2, -0.15) is 0 Å². The van der Waals surface area contributed by atoms with E-state index in [0.717, 1.165) is 0 Å². The fourth-order valence-electron chi connectivity index (χ4n) is 2.68. The second kappa shape index (κ2) is 9.33.